The highest BCUT2D eigenvalue weighted by Crippen LogP contribution is 2.29. The highest BCUT2D eigenvalue weighted by Gasteiger charge is 2.31. The molecule has 2 N–H and O–H groups in total. The minimum absolute atomic E-state index is 0.0606. The lowest BCUT2D eigenvalue weighted by Gasteiger charge is -2.19. The fourth-order valence-electron chi connectivity index (χ4n) is 2.66. The van der Waals surface area contributed by atoms with Crippen molar-refractivity contribution >= 4 is 27.5 Å². The molecule has 10 heteroatoms. The number of alkyl halides is 2. The van der Waals surface area contributed by atoms with E-state index in [2.05, 4.69) is 14.8 Å². The predicted molar refractivity (Wildman–Crippen MR) is 104 cm³/mol. The van der Waals surface area contributed by atoms with Crippen LogP contribution in [0.15, 0.2) is 53.4 Å². The van der Waals surface area contributed by atoms with E-state index in [0.29, 0.717) is 0 Å². The summed E-state index contributed by atoms with van der Waals surface area (Å²) in [7, 11) is -4.15. The van der Waals surface area contributed by atoms with Crippen molar-refractivity contribution in [3.05, 3.63) is 59.1 Å². The van der Waals surface area contributed by atoms with E-state index in [9.17, 15) is 22.0 Å². The maximum absolute atomic E-state index is 12.8. The summed E-state index contributed by atoms with van der Waals surface area (Å²) in [4.78, 5) is 12.3. The Hall–Kier alpha value is -2.23. The third kappa shape index (κ3) is 6.12. The van der Waals surface area contributed by atoms with Crippen LogP contribution in [0.4, 0.5) is 8.78 Å². The molecule has 0 saturated heterocycles. The molecule has 1 fully saturated rings. The van der Waals surface area contributed by atoms with Gasteiger partial charge in [-0.15, -0.1) is 0 Å². The first-order valence-corrected chi connectivity index (χ1v) is 10.7. The summed E-state index contributed by atoms with van der Waals surface area (Å²) in [6, 6.07) is 11.1. The number of hydrogen-bond acceptors (Lipinski definition) is 4. The normalized spacial score (nSPS) is 15.2. The lowest BCUT2D eigenvalue weighted by atomic mass is 10.1. The second kappa shape index (κ2) is 9.06. The van der Waals surface area contributed by atoms with Crippen molar-refractivity contribution in [1.82, 2.24) is 10.0 Å². The van der Waals surface area contributed by atoms with Crippen LogP contribution in [-0.2, 0) is 21.2 Å². The SMILES string of the molecule is O=C(NC1CC1)C(Cc1ccccc1)NS(=O)(=O)c1ccc(OC(F)F)c(Cl)c1. The van der Waals surface area contributed by atoms with Gasteiger partial charge in [-0.2, -0.15) is 13.5 Å². The first-order chi connectivity index (χ1) is 13.7. The summed E-state index contributed by atoms with van der Waals surface area (Å²) in [5, 5.41) is 2.51. The standard InChI is InChI=1S/C19H19ClF2N2O4S/c20-15-11-14(8-9-17(15)28-19(21)22)29(26,27)24-16(18(25)23-13-6-7-13)10-12-4-2-1-3-5-12/h1-5,8-9,11,13,16,19,24H,6-7,10H2,(H,23,25). The van der Waals surface area contributed by atoms with E-state index < -0.39 is 28.6 Å². The van der Waals surface area contributed by atoms with Crippen LogP contribution in [0.1, 0.15) is 18.4 Å². The van der Waals surface area contributed by atoms with Gasteiger partial charge in [0.05, 0.1) is 9.92 Å². The van der Waals surface area contributed by atoms with Crippen molar-refractivity contribution in [1.29, 1.82) is 0 Å². The monoisotopic (exact) mass is 444 g/mol. The Morgan fingerprint density at radius 1 is 1.17 bits per heavy atom. The van der Waals surface area contributed by atoms with Crippen molar-refractivity contribution in [3.8, 4) is 5.75 Å². The summed E-state index contributed by atoms with van der Waals surface area (Å²) >= 11 is 5.86. The van der Waals surface area contributed by atoms with Crippen molar-refractivity contribution < 1.29 is 26.7 Å². The molecule has 1 atom stereocenters. The van der Waals surface area contributed by atoms with E-state index >= 15 is 0 Å². The van der Waals surface area contributed by atoms with Crippen LogP contribution in [0.25, 0.3) is 0 Å². The summed E-state index contributed by atoms with van der Waals surface area (Å²) in [6.45, 7) is -3.09. The number of hydrogen-bond donors (Lipinski definition) is 2. The van der Waals surface area contributed by atoms with Gasteiger partial charge in [0.2, 0.25) is 15.9 Å². The van der Waals surface area contributed by atoms with Crippen molar-refractivity contribution in [2.24, 2.45) is 0 Å². The van der Waals surface area contributed by atoms with Crippen LogP contribution in [0, 0.1) is 0 Å². The number of sulfonamides is 1. The lowest BCUT2D eigenvalue weighted by Crippen LogP contribution is -2.48. The molecule has 2 aromatic rings. The molecule has 0 aromatic heterocycles. The Morgan fingerprint density at radius 3 is 2.45 bits per heavy atom. The molecule has 0 radical (unpaired) electrons. The number of nitrogens with one attached hydrogen (secondary N) is 2. The van der Waals surface area contributed by atoms with E-state index in [4.69, 9.17) is 11.6 Å². The van der Waals surface area contributed by atoms with Crippen molar-refractivity contribution in [2.75, 3.05) is 0 Å². The van der Waals surface area contributed by atoms with Gasteiger partial charge < -0.3 is 10.1 Å². The highest BCUT2D eigenvalue weighted by molar-refractivity contribution is 7.89. The molecular formula is C19H19ClF2N2O4S. The summed E-state index contributed by atoms with van der Waals surface area (Å²) in [5.74, 6) is -0.767. The van der Waals surface area contributed by atoms with Gasteiger partial charge in [0.15, 0.2) is 0 Å². The molecule has 0 heterocycles. The van der Waals surface area contributed by atoms with E-state index in [1.807, 2.05) is 6.07 Å². The zero-order valence-electron chi connectivity index (χ0n) is 15.1. The number of ether oxygens (including phenoxy) is 1. The molecule has 6 nitrogen and oxygen atoms in total. The van der Waals surface area contributed by atoms with Gasteiger partial charge in [0.1, 0.15) is 11.8 Å². The Morgan fingerprint density at radius 2 is 1.86 bits per heavy atom. The molecular weight excluding hydrogens is 426 g/mol. The lowest BCUT2D eigenvalue weighted by molar-refractivity contribution is -0.122. The van der Waals surface area contributed by atoms with Gasteiger partial charge in [0, 0.05) is 6.04 Å². The van der Waals surface area contributed by atoms with E-state index in [-0.39, 0.29) is 28.1 Å². The topological polar surface area (TPSA) is 84.5 Å². The number of rotatable bonds is 9. The fraction of sp³-hybridized carbons (Fsp3) is 0.316. The van der Waals surface area contributed by atoms with Crippen molar-refractivity contribution in [2.45, 2.75) is 42.9 Å². The molecule has 29 heavy (non-hydrogen) atoms. The maximum Gasteiger partial charge on any atom is 0.387 e. The Labute approximate surface area is 172 Å². The molecule has 0 bridgehead atoms. The molecule has 156 valence electrons. The Kier molecular flexibility index (Phi) is 6.71. The number of carbonyl (C=O) groups is 1. The molecule has 1 saturated carbocycles. The second-order valence-electron chi connectivity index (χ2n) is 6.62. The summed E-state index contributed by atoms with van der Waals surface area (Å²) in [6.07, 6.45) is 1.87. The van der Waals surface area contributed by atoms with Crippen LogP contribution in [0.5, 0.6) is 5.75 Å². The molecule has 1 aliphatic rings. The first-order valence-electron chi connectivity index (χ1n) is 8.85. The van der Waals surface area contributed by atoms with Gasteiger partial charge in [-0.1, -0.05) is 41.9 Å². The molecule has 1 amide bonds. The average molecular weight is 445 g/mol. The molecule has 1 unspecified atom stereocenters. The van der Waals surface area contributed by atoms with Crippen LogP contribution < -0.4 is 14.8 Å². The molecule has 0 aliphatic heterocycles. The average Bonchev–Trinajstić information content (AvgIpc) is 3.47. The summed E-state index contributed by atoms with van der Waals surface area (Å²) < 4.78 is 56.9. The molecule has 3 rings (SSSR count). The van der Waals surface area contributed by atoms with Gasteiger partial charge in [-0.3, -0.25) is 4.79 Å². The quantitative estimate of drug-likeness (QED) is 0.622. The van der Waals surface area contributed by atoms with E-state index in [0.717, 1.165) is 36.6 Å². The van der Waals surface area contributed by atoms with Gasteiger partial charge in [-0.05, 0) is 43.0 Å². The zero-order chi connectivity index (χ0) is 21.0. The van der Waals surface area contributed by atoms with Crippen LogP contribution in [0.2, 0.25) is 5.02 Å². The number of carbonyl (C=O) groups excluding carboxylic acids is 1. The van der Waals surface area contributed by atoms with Crippen LogP contribution in [0.3, 0.4) is 0 Å². The fourth-order valence-corrected chi connectivity index (χ4v) is 4.17. The number of amides is 1. The van der Waals surface area contributed by atoms with Gasteiger partial charge in [0.25, 0.3) is 0 Å². The third-order valence-corrected chi connectivity index (χ3v) is 6.01. The minimum atomic E-state index is -4.15. The second-order valence-corrected chi connectivity index (χ2v) is 8.74. The van der Waals surface area contributed by atoms with Gasteiger partial charge in [-0.25, -0.2) is 8.42 Å². The first kappa shape index (κ1) is 21.5. The zero-order valence-corrected chi connectivity index (χ0v) is 16.7. The smallest absolute Gasteiger partial charge is 0.387 e. The number of halogens is 3. The maximum atomic E-state index is 12.8. The van der Waals surface area contributed by atoms with E-state index in [1.54, 1.807) is 24.3 Å². The van der Waals surface area contributed by atoms with Crippen LogP contribution in [-0.4, -0.2) is 33.0 Å². The molecule has 2 aromatic carbocycles. The van der Waals surface area contributed by atoms with E-state index in [1.165, 1.54) is 0 Å². The minimum Gasteiger partial charge on any atom is -0.433 e. The molecule has 1 aliphatic carbocycles. The predicted octanol–water partition coefficient (Wildman–Crippen LogP) is 3.11. The molecule has 0 spiro atoms. The highest BCUT2D eigenvalue weighted by atomic mass is 35.5. The van der Waals surface area contributed by atoms with Gasteiger partial charge >= 0.3 is 6.61 Å². The van der Waals surface area contributed by atoms with Crippen LogP contribution >= 0.6 is 11.6 Å². The third-order valence-electron chi connectivity index (χ3n) is 4.25. The Balaban J connectivity index is 1.80. The van der Waals surface area contributed by atoms with Crippen molar-refractivity contribution in [3.63, 3.8) is 0 Å². The summed E-state index contributed by atoms with van der Waals surface area (Å²) in [5.41, 5.74) is 0.782. The Bertz CT molecular complexity index is 969. The largest absolute Gasteiger partial charge is 0.433 e. The number of benzene rings is 2.